The molecule has 3 saturated heterocycles. The zero-order chi connectivity index (χ0) is 26.1. The average Bonchev–Trinajstić information content (AvgIpc) is 3.37. The maximum Gasteiger partial charge on any atom is 0.323 e. The summed E-state index contributed by atoms with van der Waals surface area (Å²) in [5.74, 6) is -2.87. The Labute approximate surface area is 216 Å². The lowest BCUT2D eigenvalue weighted by molar-refractivity contribution is -0.144. The third-order valence-corrected chi connectivity index (χ3v) is 7.45. The van der Waals surface area contributed by atoms with E-state index in [-0.39, 0.29) is 11.8 Å². The lowest BCUT2D eigenvalue weighted by atomic mass is 9.88. The van der Waals surface area contributed by atoms with Crippen LogP contribution in [0.15, 0.2) is 60.7 Å². The van der Waals surface area contributed by atoms with E-state index in [9.17, 15) is 19.2 Å². The molecule has 0 aromatic heterocycles. The van der Waals surface area contributed by atoms with Crippen LogP contribution >= 0.6 is 0 Å². The number of piperazine rings is 1. The third kappa shape index (κ3) is 4.62. The molecule has 0 spiro atoms. The van der Waals surface area contributed by atoms with Gasteiger partial charge in [-0.15, -0.1) is 0 Å². The minimum Gasteiger partial charge on any atom is -0.338 e. The molecule has 0 radical (unpaired) electrons. The van der Waals surface area contributed by atoms with Crippen LogP contribution in [0.2, 0.25) is 0 Å². The quantitative estimate of drug-likeness (QED) is 0.624. The molecule has 0 bridgehead atoms. The summed E-state index contributed by atoms with van der Waals surface area (Å²) in [4.78, 5) is 58.5. The summed E-state index contributed by atoms with van der Waals surface area (Å²) in [5.41, 5.74) is 2.50. The highest BCUT2D eigenvalue weighted by molar-refractivity contribution is 6.10. The molecule has 0 saturated carbocycles. The Morgan fingerprint density at radius 2 is 1.59 bits per heavy atom. The Kier molecular flexibility index (Phi) is 6.80. The number of likely N-dealkylation sites (tertiary alicyclic amines) is 2. The molecule has 3 aliphatic heterocycles. The van der Waals surface area contributed by atoms with E-state index in [1.54, 1.807) is 23.1 Å². The normalized spacial score (nSPS) is 25.6. The first-order valence-corrected chi connectivity index (χ1v) is 12.6. The molecule has 3 heterocycles. The van der Waals surface area contributed by atoms with Crippen LogP contribution in [0.4, 0.5) is 10.5 Å². The Hall–Kier alpha value is -3.98. The second-order valence-corrected chi connectivity index (χ2v) is 9.77. The molecule has 37 heavy (non-hydrogen) atoms. The van der Waals surface area contributed by atoms with Crippen LogP contribution in [0.3, 0.4) is 0 Å². The fourth-order valence-corrected chi connectivity index (χ4v) is 5.50. The van der Waals surface area contributed by atoms with E-state index in [0.29, 0.717) is 31.9 Å². The van der Waals surface area contributed by atoms with Gasteiger partial charge in [0.2, 0.25) is 17.7 Å². The Morgan fingerprint density at radius 1 is 0.946 bits per heavy atom. The maximum absolute atomic E-state index is 13.9. The Bertz CT molecular complexity index is 1220. The first kappa shape index (κ1) is 24.7. The summed E-state index contributed by atoms with van der Waals surface area (Å²) in [6.45, 7) is 4.16. The number of anilines is 1. The molecule has 2 N–H and O–H groups in total. The summed E-state index contributed by atoms with van der Waals surface area (Å²) >= 11 is 0. The highest BCUT2D eigenvalue weighted by Crippen LogP contribution is 2.44. The smallest absolute Gasteiger partial charge is 0.323 e. The molecule has 3 aliphatic rings. The van der Waals surface area contributed by atoms with E-state index >= 15 is 0 Å². The molecule has 5 rings (SSSR count). The third-order valence-electron chi connectivity index (χ3n) is 7.45. The fraction of sp³-hybridized carbons (Fsp3) is 0.357. The van der Waals surface area contributed by atoms with Crippen molar-refractivity contribution in [2.45, 2.75) is 19.0 Å². The van der Waals surface area contributed by atoms with Crippen molar-refractivity contribution in [1.82, 2.24) is 20.0 Å². The Balaban J connectivity index is 1.56. The predicted octanol–water partition coefficient (Wildman–Crippen LogP) is 1.96. The van der Waals surface area contributed by atoms with E-state index < -0.39 is 35.9 Å². The molecule has 4 unspecified atom stereocenters. The number of fused-ring (bicyclic) bond motifs is 1. The van der Waals surface area contributed by atoms with Gasteiger partial charge in [0.1, 0.15) is 6.04 Å². The average molecular weight is 502 g/mol. The van der Waals surface area contributed by atoms with Crippen molar-refractivity contribution in [3.8, 4) is 0 Å². The highest BCUT2D eigenvalue weighted by Gasteiger charge is 2.64. The number of aryl methyl sites for hydroxylation is 1. The van der Waals surface area contributed by atoms with Gasteiger partial charge in [-0.3, -0.25) is 19.3 Å². The number of hydrogen-bond donors (Lipinski definition) is 2. The monoisotopic (exact) mass is 501 g/mol. The van der Waals surface area contributed by atoms with E-state index in [1.807, 2.05) is 55.5 Å². The van der Waals surface area contributed by atoms with Crippen LogP contribution < -0.4 is 10.6 Å². The van der Waals surface area contributed by atoms with Gasteiger partial charge in [0, 0.05) is 38.9 Å². The van der Waals surface area contributed by atoms with Gasteiger partial charge in [0.05, 0.1) is 17.9 Å². The highest BCUT2D eigenvalue weighted by atomic mass is 16.2. The van der Waals surface area contributed by atoms with Crippen LogP contribution in [0.1, 0.15) is 11.1 Å². The Morgan fingerprint density at radius 3 is 2.27 bits per heavy atom. The molecule has 9 nitrogen and oxygen atoms in total. The zero-order valence-corrected chi connectivity index (χ0v) is 21.0. The number of urea groups is 1. The lowest BCUT2D eigenvalue weighted by Crippen LogP contribution is -2.57. The number of amides is 5. The predicted molar refractivity (Wildman–Crippen MR) is 139 cm³/mol. The molecule has 2 aromatic rings. The molecule has 3 fully saturated rings. The van der Waals surface area contributed by atoms with Crippen molar-refractivity contribution in [2.75, 3.05) is 38.5 Å². The molecular formula is C28H31N5O4. The summed E-state index contributed by atoms with van der Waals surface area (Å²) in [6, 6.07) is 14.5. The topological polar surface area (TPSA) is 102 Å². The van der Waals surface area contributed by atoms with Gasteiger partial charge in [-0.2, -0.15) is 0 Å². The van der Waals surface area contributed by atoms with Gasteiger partial charge in [0.25, 0.3) is 0 Å². The SMILES string of the molecule is Cc1ccc(NC(=O)N2C(C=Cc3ccccc3)C3C(=O)N(C)C(=O)C3C2C(=O)N2CCNCC2)cc1. The van der Waals surface area contributed by atoms with Crippen molar-refractivity contribution < 1.29 is 19.2 Å². The number of hydrogen-bond acceptors (Lipinski definition) is 5. The van der Waals surface area contributed by atoms with Crippen LogP contribution in [0.5, 0.6) is 0 Å². The van der Waals surface area contributed by atoms with Crippen molar-refractivity contribution in [2.24, 2.45) is 11.8 Å². The summed E-state index contributed by atoms with van der Waals surface area (Å²) in [6.07, 6.45) is 3.61. The van der Waals surface area contributed by atoms with Crippen molar-refractivity contribution in [3.63, 3.8) is 0 Å². The number of nitrogens with one attached hydrogen (secondary N) is 2. The lowest BCUT2D eigenvalue weighted by Gasteiger charge is -2.36. The number of carbonyl (C=O) groups excluding carboxylic acids is 4. The summed E-state index contributed by atoms with van der Waals surface area (Å²) in [5, 5.41) is 6.11. The van der Waals surface area contributed by atoms with Crippen LogP contribution in [0.25, 0.3) is 6.08 Å². The van der Waals surface area contributed by atoms with E-state index in [1.165, 1.54) is 11.9 Å². The van der Waals surface area contributed by atoms with Gasteiger partial charge >= 0.3 is 6.03 Å². The molecule has 0 aliphatic carbocycles. The van der Waals surface area contributed by atoms with E-state index in [0.717, 1.165) is 16.0 Å². The molecule has 9 heteroatoms. The standard InChI is InChI=1S/C28H31N5O4/c1-18-8-11-20(12-9-18)30-28(37)33-21(13-10-19-6-4-3-5-7-19)22-23(26(35)31(2)25(22)34)24(33)27(36)32-16-14-29-15-17-32/h3-13,21-24,29H,14-17H2,1-2H3,(H,30,37). The van der Waals surface area contributed by atoms with Gasteiger partial charge < -0.3 is 20.4 Å². The van der Waals surface area contributed by atoms with E-state index in [2.05, 4.69) is 10.6 Å². The molecule has 192 valence electrons. The minimum atomic E-state index is -1.08. The number of rotatable bonds is 4. The second kappa shape index (κ2) is 10.2. The van der Waals surface area contributed by atoms with Gasteiger partial charge in [-0.1, -0.05) is 60.2 Å². The van der Waals surface area contributed by atoms with Gasteiger partial charge in [-0.25, -0.2) is 4.79 Å². The second-order valence-electron chi connectivity index (χ2n) is 9.77. The molecular weight excluding hydrogens is 470 g/mol. The van der Waals surface area contributed by atoms with Gasteiger partial charge in [0.15, 0.2) is 0 Å². The minimum absolute atomic E-state index is 0.303. The van der Waals surface area contributed by atoms with Crippen LogP contribution in [-0.2, 0) is 14.4 Å². The van der Waals surface area contributed by atoms with Crippen molar-refractivity contribution in [3.05, 3.63) is 71.8 Å². The summed E-state index contributed by atoms with van der Waals surface area (Å²) < 4.78 is 0. The largest absolute Gasteiger partial charge is 0.338 e. The van der Waals surface area contributed by atoms with Crippen molar-refractivity contribution in [1.29, 1.82) is 0 Å². The summed E-state index contributed by atoms with van der Waals surface area (Å²) in [7, 11) is 1.45. The van der Waals surface area contributed by atoms with Gasteiger partial charge in [-0.05, 0) is 24.6 Å². The first-order chi connectivity index (χ1) is 17.9. The molecule has 2 aromatic carbocycles. The number of benzene rings is 2. The fourth-order valence-electron chi connectivity index (χ4n) is 5.50. The number of nitrogens with zero attached hydrogens (tertiary/aromatic N) is 3. The molecule has 4 atom stereocenters. The maximum atomic E-state index is 13.9. The van der Waals surface area contributed by atoms with Crippen molar-refractivity contribution >= 4 is 35.5 Å². The number of carbonyl (C=O) groups is 4. The zero-order valence-electron chi connectivity index (χ0n) is 21.0. The van der Waals surface area contributed by atoms with Crippen LogP contribution in [-0.4, -0.2) is 83.8 Å². The first-order valence-electron chi connectivity index (χ1n) is 12.6. The van der Waals surface area contributed by atoms with E-state index in [4.69, 9.17) is 0 Å². The molecule has 5 amide bonds. The number of imide groups is 1. The van der Waals surface area contributed by atoms with Crippen LogP contribution in [0, 0.1) is 18.8 Å².